The Morgan fingerprint density at radius 1 is 1.21 bits per heavy atom. The van der Waals surface area contributed by atoms with Crippen LogP contribution < -0.4 is 16.0 Å². The van der Waals surface area contributed by atoms with Crippen molar-refractivity contribution in [2.24, 2.45) is 0 Å². The number of anilines is 3. The van der Waals surface area contributed by atoms with Gasteiger partial charge in [-0.2, -0.15) is 9.97 Å². The van der Waals surface area contributed by atoms with Crippen LogP contribution in [0.4, 0.5) is 17.5 Å². The molecule has 0 aliphatic rings. The molecule has 0 aliphatic heterocycles. The van der Waals surface area contributed by atoms with Crippen LogP contribution in [0.3, 0.4) is 0 Å². The molecule has 0 aliphatic carbocycles. The fraction of sp³-hybridized carbons (Fsp3) is 0.312. The number of aromatic nitrogens is 4. The van der Waals surface area contributed by atoms with E-state index in [1.165, 1.54) is 0 Å². The summed E-state index contributed by atoms with van der Waals surface area (Å²) < 4.78 is 1.99. The number of nitrogens with zero attached hydrogens (tertiary/aromatic N) is 4. The molecule has 0 fully saturated rings. The van der Waals surface area contributed by atoms with Crippen LogP contribution in [-0.2, 0) is 6.54 Å². The molecule has 0 unspecified atom stereocenters. The molecular weight excluding hydrogens is 326 g/mol. The van der Waals surface area contributed by atoms with Gasteiger partial charge in [-0.3, -0.25) is 0 Å². The third-order valence-corrected chi connectivity index (χ3v) is 3.79. The molecule has 3 rings (SSSR count). The summed E-state index contributed by atoms with van der Waals surface area (Å²) in [4.78, 5) is 13.6. The van der Waals surface area contributed by atoms with Gasteiger partial charge in [0.15, 0.2) is 17.0 Å². The van der Waals surface area contributed by atoms with Gasteiger partial charge in [-0.25, -0.2) is 4.98 Å². The Labute approximate surface area is 145 Å². The zero-order valence-corrected chi connectivity index (χ0v) is 14.4. The molecule has 126 valence electrons. The third kappa shape index (κ3) is 3.58. The maximum atomic E-state index is 6.06. The second kappa shape index (κ2) is 7.46. The normalized spacial score (nSPS) is 11.0. The van der Waals surface area contributed by atoms with Crippen molar-refractivity contribution in [1.82, 2.24) is 24.8 Å². The summed E-state index contributed by atoms with van der Waals surface area (Å²) in [6.07, 6.45) is 1.78. The maximum absolute atomic E-state index is 6.06. The highest BCUT2D eigenvalue weighted by Crippen LogP contribution is 2.25. The Hall–Kier alpha value is -2.38. The number of hydrogen-bond acceptors (Lipinski definition) is 6. The van der Waals surface area contributed by atoms with Gasteiger partial charge in [0.1, 0.15) is 0 Å². The molecule has 8 heteroatoms. The van der Waals surface area contributed by atoms with Crippen LogP contribution in [0.5, 0.6) is 0 Å². The molecular formula is C16H20ClN7. The molecule has 0 saturated heterocycles. The topological polar surface area (TPSA) is 79.7 Å². The molecule has 0 amide bonds. The number of imidazole rings is 1. The number of halogens is 1. The standard InChI is InChI=1S/C16H20ClN7/c1-3-24-10-20-13-14(21-12-6-4-5-11(17)9-12)22-16(23-15(13)24)19-8-7-18-2/h4-6,9-10,18H,3,7-8H2,1-2H3,(H2,19,21,22,23). The minimum Gasteiger partial charge on any atom is -0.353 e. The summed E-state index contributed by atoms with van der Waals surface area (Å²) in [6, 6.07) is 7.50. The quantitative estimate of drug-likeness (QED) is 0.571. The average molecular weight is 346 g/mol. The Kier molecular flexibility index (Phi) is 5.12. The summed E-state index contributed by atoms with van der Waals surface area (Å²) in [7, 11) is 1.91. The van der Waals surface area contributed by atoms with Gasteiger partial charge < -0.3 is 20.5 Å². The number of hydrogen-bond donors (Lipinski definition) is 3. The van der Waals surface area contributed by atoms with E-state index < -0.39 is 0 Å². The Morgan fingerprint density at radius 2 is 2.08 bits per heavy atom. The van der Waals surface area contributed by atoms with Crippen LogP contribution in [0.25, 0.3) is 11.2 Å². The number of benzene rings is 1. The van der Waals surface area contributed by atoms with Crippen molar-refractivity contribution >= 4 is 40.2 Å². The van der Waals surface area contributed by atoms with Crippen LogP contribution in [0, 0.1) is 0 Å². The van der Waals surface area contributed by atoms with Crippen molar-refractivity contribution in [1.29, 1.82) is 0 Å². The maximum Gasteiger partial charge on any atom is 0.226 e. The first-order chi connectivity index (χ1) is 11.7. The van der Waals surface area contributed by atoms with Gasteiger partial charge in [0.05, 0.1) is 6.33 Å². The van der Waals surface area contributed by atoms with Crippen molar-refractivity contribution in [2.75, 3.05) is 30.8 Å². The average Bonchev–Trinajstić information content (AvgIpc) is 2.98. The molecule has 0 bridgehead atoms. The van der Waals surface area contributed by atoms with Crippen LogP contribution in [0.2, 0.25) is 5.02 Å². The van der Waals surface area contributed by atoms with E-state index in [-0.39, 0.29) is 0 Å². The highest BCUT2D eigenvalue weighted by atomic mass is 35.5. The van der Waals surface area contributed by atoms with Gasteiger partial charge in [0.2, 0.25) is 5.95 Å². The molecule has 1 aromatic carbocycles. The first-order valence-corrected chi connectivity index (χ1v) is 8.23. The smallest absolute Gasteiger partial charge is 0.226 e. The van der Waals surface area contributed by atoms with Gasteiger partial charge >= 0.3 is 0 Å². The number of aryl methyl sites for hydroxylation is 1. The first kappa shape index (κ1) is 16.5. The highest BCUT2D eigenvalue weighted by molar-refractivity contribution is 6.30. The zero-order valence-electron chi connectivity index (χ0n) is 13.7. The first-order valence-electron chi connectivity index (χ1n) is 7.85. The Bertz CT molecular complexity index is 830. The fourth-order valence-corrected chi connectivity index (χ4v) is 2.53. The van der Waals surface area contributed by atoms with Gasteiger partial charge in [-0.05, 0) is 32.2 Å². The summed E-state index contributed by atoms with van der Waals surface area (Å²) in [6.45, 7) is 4.41. The molecule has 7 nitrogen and oxygen atoms in total. The van der Waals surface area contributed by atoms with E-state index in [0.29, 0.717) is 16.8 Å². The van der Waals surface area contributed by atoms with Crippen molar-refractivity contribution < 1.29 is 0 Å². The zero-order chi connectivity index (χ0) is 16.9. The number of nitrogens with one attached hydrogen (secondary N) is 3. The van der Waals surface area contributed by atoms with Crippen molar-refractivity contribution in [3.05, 3.63) is 35.6 Å². The summed E-state index contributed by atoms with van der Waals surface area (Å²) in [5.41, 5.74) is 2.38. The highest BCUT2D eigenvalue weighted by Gasteiger charge is 2.13. The van der Waals surface area contributed by atoms with Gasteiger partial charge in [-0.1, -0.05) is 17.7 Å². The van der Waals surface area contributed by atoms with E-state index in [4.69, 9.17) is 11.6 Å². The molecule has 2 heterocycles. The van der Waals surface area contributed by atoms with Gasteiger partial charge in [0, 0.05) is 30.3 Å². The van der Waals surface area contributed by atoms with Crippen molar-refractivity contribution in [3.8, 4) is 0 Å². The fourth-order valence-electron chi connectivity index (χ4n) is 2.34. The predicted octanol–water partition coefficient (Wildman–Crippen LogP) is 2.87. The van der Waals surface area contributed by atoms with Crippen LogP contribution in [-0.4, -0.2) is 39.7 Å². The molecule has 0 saturated carbocycles. The molecule has 2 aromatic heterocycles. The van der Waals surface area contributed by atoms with Crippen LogP contribution >= 0.6 is 11.6 Å². The molecule has 3 aromatic rings. The van der Waals surface area contributed by atoms with E-state index in [1.807, 2.05) is 35.9 Å². The van der Waals surface area contributed by atoms with E-state index in [0.717, 1.165) is 36.5 Å². The lowest BCUT2D eigenvalue weighted by Gasteiger charge is -2.10. The summed E-state index contributed by atoms with van der Waals surface area (Å²) in [5.74, 6) is 1.22. The number of rotatable bonds is 7. The van der Waals surface area contributed by atoms with Gasteiger partial charge in [0.25, 0.3) is 0 Å². The SMILES string of the molecule is CCn1cnc2c(Nc3cccc(Cl)c3)nc(NCCNC)nc21. The van der Waals surface area contributed by atoms with Crippen molar-refractivity contribution in [2.45, 2.75) is 13.5 Å². The Balaban J connectivity index is 1.99. The molecule has 3 N–H and O–H groups in total. The lowest BCUT2D eigenvalue weighted by molar-refractivity contribution is 0.776. The molecule has 0 spiro atoms. The second-order valence-electron chi connectivity index (χ2n) is 5.26. The lowest BCUT2D eigenvalue weighted by Crippen LogP contribution is -2.19. The van der Waals surface area contributed by atoms with Crippen LogP contribution in [0.1, 0.15) is 6.92 Å². The lowest BCUT2D eigenvalue weighted by atomic mass is 10.3. The molecule has 24 heavy (non-hydrogen) atoms. The molecule has 0 atom stereocenters. The summed E-state index contributed by atoms with van der Waals surface area (Å²) in [5, 5.41) is 10.3. The monoisotopic (exact) mass is 345 g/mol. The van der Waals surface area contributed by atoms with E-state index in [2.05, 4.69) is 37.8 Å². The predicted molar refractivity (Wildman–Crippen MR) is 98.1 cm³/mol. The summed E-state index contributed by atoms with van der Waals surface area (Å²) >= 11 is 6.06. The second-order valence-corrected chi connectivity index (χ2v) is 5.70. The minimum absolute atomic E-state index is 0.567. The Morgan fingerprint density at radius 3 is 2.83 bits per heavy atom. The number of likely N-dealkylation sites (N-methyl/N-ethyl adjacent to an activating group) is 1. The van der Waals surface area contributed by atoms with Gasteiger partial charge in [-0.15, -0.1) is 0 Å². The molecule has 0 radical (unpaired) electrons. The minimum atomic E-state index is 0.567. The van der Waals surface area contributed by atoms with Crippen molar-refractivity contribution in [3.63, 3.8) is 0 Å². The van der Waals surface area contributed by atoms with E-state index in [1.54, 1.807) is 6.33 Å². The third-order valence-electron chi connectivity index (χ3n) is 3.55. The largest absolute Gasteiger partial charge is 0.353 e. The van der Waals surface area contributed by atoms with Crippen LogP contribution in [0.15, 0.2) is 30.6 Å². The van der Waals surface area contributed by atoms with E-state index >= 15 is 0 Å². The van der Waals surface area contributed by atoms with E-state index in [9.17, 15) is 0 Å². The number of fused-ring (bicyclic) bond motifs is 1.